The molecular weight excluding hydrogens is 240 g/mol. The molecule has 0 bridgehead atoms. The van der Waals surface area contributed by atoms with Gasteiger partial charge in [0.05, 0.1) is 10.7 Å². The van der Waals surface area contributed by atoms with Crippen LogP contribution in [-0.2, 0) is 5.41 Å². The molecule has 17 heavy (non-hydrogen) atoms. The van der Waals surface area contributed by atoms with Crippen molar-refractivity contribution >= 4 is 23.2 Å². The molecule has 0 aliphatic carbocycles. The first-order valence-corrected chi connectivity index (χ1v) is 5.60. The molecule has 0 aliphatic heterocycles. The number of hydrogen-bond donors (Lipinski definition) is 1. The molecule has 0 aliphatic rings. The molecule has 5 heteroatoms. The van der Waals surface area contributed by atoms with Crippen LogP contribution in [0.1, 0.15) is 37.0 Å². The largest absolute Gasteiger partial charge is 0.477 e. The number of aromatic carboxylic acids is 1. The van der Waals surface area contributed by atoms with E-state index in [1.54, 1.807) is 18.3 Å². The maximum atomic E-state index is 11.4. The highest BCUT2D eigenvalue weighted by molar-refractivity contribution is 6.30. The van der Waals surface area contributed by atoms with Crippen molar-refractivity contribution in [3.8, 4) is 0 Å². The van der Waals surface area contributed by atoms with E-state index in [0.717, 1.165) is 0 Å². The summed E-state index contributed by atoms with van der Waals surface area (Å²) in [5.74, 6) is -0.996. The average Bonchev–Trinajstić information content (AvgIpc) is 2.55. The van der Waals surface area contributed by atoms with E-state index in [0.29, 0.717) is 16.4 Å². The molecule has 90 valence electrons. The molecule has 2 heterocycles. The third-order valence-electron chi connectivity index (χ3n) is 2.50. The highest BCUT2D eigenvalue weighted by Gasteiger charge is 2.27. The second-order valence-corrected chi connectivity index (χ2v) is 5.38. The molecule has 0 fully saturated rings. The molecule has 2 aromatic rings. The molecule has 0 saturated carbocycles. The molecule has 0 radical (unpaired) electrons. The quantitative estimate of drug-likeness (QED) is 0.849. The van der Waals surface area contributed by atoms with Gasteiger partial charge in [-0.1, -0.05) is 32.4 Å². The molecule has 1 N–H and O–H groups in total. The smallest absolute Gasteiger partial charge is 0.354 e. The number of halogens is 1. The van der Waals surface area contributed by atoms with Gasteiger partial charge in [0.1, 0.15) is 5.65 Å². The van der Waals surface area contributed by atoms with Crippen LogP contribution in [0.4, 0.5) is 0 Å². The number of carboxylic acids is 1. The Morgan fingerprint density at radius 2 is 2.06 bits per heavy atom. The van der Waals surface area contributed by atoms with Gasteiger partial charge < -0.3 is 5.11 Å². The first-order chi connectivity index (χ1) is 7.80. The third-order valence-corrected chi connectivity index (χ3v) is 2.72. The first kappa shape index (κ1) is 11.9. The van der Waals surface area contributed by atoms with Gasteiger partial charge in [-0.2, -0.15) is 0 Å². The fourth-order valence-corrected chi connectivity index (χ4v) is 1.91. The lowest BCUT2D eigenvalue weighted by Gasteiger charge is -2.16. The number of fused-ring (bicyclic) bond motifs is 1. The number of rotatable bonds is 1. The summed E-state index contributed by atoms with van der Waals surface area (Å²) in [6, 6.07) is 3.41. The van der Waals surface area contributed by atoms with Crippen molar-refractivity contribution in [2.45, 2.75) is 26.2 Å². The Morgan fingerprint density at radius 3 is 2.59 bits per heavy atom. The zero-order valence-electron chi connectivity index (χ0n) is 9.86. The van der Waals surface area contributed by atoms with E-state index in [1.165, 1.54) is 4.40 Å². The maximum Gasteiger partial charge on any atom is 0.354 e. The van der Waals surface area contributed by atoms with Crippen molar-refractivity contribution in [2.75, 3.05) is 0 Å². The van der Waals surface area contributed by atoms with Crippen LogP contribution in [0.25, 0.3) is 5.65 Å². The van der Waals surface area contributed by atoms with E-state index >= 15 is 0 Å². The van der Waals surface area contributed by atoms with Crippen molar-refractivity contribution in [1.82, 2.24) is 9.38 Å². The molecular formula is C12H13ClN2O2. The molecule has 0 amide bonds. The fraction of sp³-hybridized carbons (Fsp3) is 0.333. The van der Waals surface area contributed by atoms with Crippen molar-refractivity contribution in [2.24, 2.45) is 0 Å². The highest BCUT2D eigenvalue weighted by Crippen LogP contribution is 2.27. The Morgan fingerprint density at radius 1 is 1.41 bits per heavy atom. The summed E-state index contributed by atoms with van der Waals surface area (Å²) in [7, 11) is 0. The minimum atomic E-state index is -0.996. The minimum absolute atomic E-state index is 0.176. The van der Waals surface area contributed by atoms with Crippen LogP contribution in [0.5, 0.6) is 0 Å². The number of hydrogen-bond acceptors (Lipinski definition) is 2. The van der Waals surface area contributed by atoms with Crippen molar-refractivity contribution in [3.63, 3.8) is 0 Å². The molecule has 0 saturated heterocycles. The lowest BCUT2D eigenvalue weighted by atomic mass is 9.91. The number of imidazole rings is 1. The third kappa shape index (κ3) is 2.00. The number of aromatic nitrogens is 2. The van der Waals surface area contributed by atoms with Crippen molar-refractivity contribution in [1.29, 1.82) is 0 Å². The zero-order chi connectivity index (χ0) is 12.8. The summed E-state index contributed by atoms with van der Waals surface area (Å²) in [5.41, 5.74) is 1.01. The van der Waals surface area contributed by atoms with E-state index < -0.39 is 5.97 Å². The number of carboxylic acid groups (broad SMARTS) is 1. The van der Waals surface area contributed by atoms with Crippen LogP contribution >= 0.6 is 11.6 Å². The van der Waals surface area contributed by atoms with Gasteiger partial charge in [-0.3, -0.25) is 4.40 Å². The van der Waals surface area contributed by atoms with Gasteiger partial charge >= 0.3 is 5.97 Å². The lowest BCUT2D eigenvalue weighted by Crippen LogP contribution is -2.17. The van der Waals surface area contributed by atoms with Gasteiger partial charge in [-0.15, -0.1) is 0 Å². The lowest BCUT2D eigenvalue weighted by molar-refractivity contribution is 0.0686. The molecule has 2 aromatic heterocycles. The van der Waals surface area contributed by atoms with E-state index in [4.69, 9.17) is 11.6 Å². The molecule has 0 atom stereocenters. The van der Waals surface area contributed by atoms with Crippen LogP contribution in [0.2, 0.25) is 5.02 Å². The number of carbonyl (C=O) groups is 1. The van der Waals surface area contributed by atoms with E-state index in [1.807, 2.05) is 20.8 Å². The van der Waals surface area contributed by atoms with Gasteiger partial charge in [-0.25, -0.2) is 9.78 Å². The van der Waals surface area contributed by atoms with E-state index in [2.05, 4.69) is 4.98 Å². The molecule has 0 spiro atoms. The number of nitrogens with zero attached hydrogens (tertiary/aromatic N) is 2. The van der Waals surface area contributed by atoms with E-state index in [9.17, 15) is 9.90 Å². The fourth-order valence-electron chi connectivity index (χ4n) is 1.75. The Hall–Kier alpha value is -1.55. The van der Waals surface area contributed by atoms with Crippen LogP contribution in [0.3, 0.4) is 0 Å². The van der Waals surface area contributed by atoms with Gasteiger partial charge in [0.2, 0.25) is 0 Å². The zero-order valence-corrected chi connectivity index (χ0v) is 10.6. The molecule has 0 aromatic carbocycles. The monoisotopic (exact) mass is 252 g/mol. The standard InChI is InChI=1S/C12H13ClN2O2/c1-12(2,3)10-9(11(16)17)15-6-7(13)4-5-8(15)14-10/h4-6H,1-3H3,(H,16,17). The second-order valence-electron chi connectivity index (χ2n) is 4.94. The van der Waals surface area contributed by atoms with Crippen LogP contribution in [0, 0.1) is 0 Å². The summed E-state index contributed by atoms with van der Waals surface area (Å²) in [6.45, 7) is 5.80. The summed E-state index contributed by atoms with van der Waals surface area (Å²) in [4.78, 5) is 15.7. The second kappa shape index (κ2) is 3.74. The summed E-state index contributed by atoms with van der Waals surface area (Å²) < 4.78 is 1.52. The summed E-state index contributed by atoms with van der Waals surface area (Å²) >= 11 is 5.88. The summed E-state index contributed by atoms with van der Waals surface area (Å²) in [6.07, 6.45) is 1.57. The van der Waals surface area contributed by atoms with Crippen LogP contribution in [-0.4, -0.2) is 20.5 Å². The average molecular weight is 253 g/mol. The van der Waals surface area contributed by atoms with E-state index in [-0.39, 0.29) is 11.1 Å². The first-order valence-electron chi connectivity index (χ1n) is 5.22. The number of pyridine rings is 1. The van der Waals surface area contributed by atoms with Gasteiger partial charge in [0, 0.05) is 11.6 Å². The van der Waals surface area contributed by atoms with Gasteiger partial charge in [-0.05, 0) is 12.1 Å². The van der Waals surface area contributed by atoms with Crippen molar-refractivity contribution < 1.29 is 9.90 Å². The Bertz CT molecular complexity index is 596. The topological polar surface area (TPSA) is 54.6 Å². The molecule has 0 unspecified atom stereocenters. The predicted molar refractivity (Wildman–Crippen MR) is 65.9 cm³/mol. The molecule has 2 rings (SSSR count). The Labute approximate surface area is 104 Å². The Balaban J connectivity index is 2.86. The van der Waals surface area contributed by atoms with Crippen LogP contribution in [0.15, 0.2) is 18.3 Å². The SMILES string of the molecule is CC(C)(C)c1nc2ccc(Cl)cn2c1C(=O)O. The minimum Gasteiger partial charge on any atom is -0.477 e. The predicted octanol–water partition coefficient (Wildman–Crippen LogP) is 2.98. The summed E-state index contributed by atoms with van der Waals surface area (Å²) in [5, 5.41) is 9.79. The highest BCUT2D eigenvalue weighted by atomic mass is 35.5. The maximum absolute atomic E-state index is 11.4. The Kier molecular flexibility index (Phi) is 2.62. The normalized spacial score (nSPS) is 12.0. The molecule has 4 nitrogen and oxygen atoms in total. The van der Waals surface area contributed by atoms with Gasteiger partial charge in [0.25, 0.3) is 0 Å². The van der Waals surface area contributed by atoms with Crippen LogP contribution < -0.4 is 0 Å². The van der Waals surface area contributed by atoms with Gasteiger partial charge in [0.15, 0.2) is 5.69 Å². The van der Waals surface area contributed by atoms with Crippen molar-refractivity contribution in [3.05, 3.63) is 34.7 Å².